The molecule has 1 aromatic rings. The standard InChI is InChI=1S/C16H22BFN2O3/c1-6-10-19-14(21)20-12-9-7-8-11(13(12)18)17-22-15(2,3)16(4,5)23-17/h6-9H,1,10H2,2-5H3,(H2,19,20,21). The molecule has 1 aromatic carbocycles. The van der Waals surface area contributed by atoms with E-state index in [-0.39, 0.29) is 11.2 Å². The van der Waals surface area contributed by atoms with Gasteiger partial charge in [0.2, 0.25) is 0 Å². The first-order valence-electron chi connectivity index (χ1n) is 7.48. The van der Waals surface area contributed by atoms with Gasteiger partial charge in [-0.1, -0.05) is 18.2 Å². The molecule has 0 bridgehead atoms. The van der Waals surface area contributed by atoms with Crippen molar-refractivity contribution >= 4 is 24.3 Å². The summed E-state index contributed by atoms with van der Waals surface area (Å²) in [4.78, 5) is 11.7. The quantitative estimate of drug-likeness (QED) is 0.662. The number of nitrogens with one attached hydrogen (secondary N) is 2. The van der Waals surface area contributed by atoms with Crippen LogP contribution in [0.25, 0.3) is 0 Å². The van der Waals surface area contributed by atoms with Crippen molar-refractivity contribution in [2.45, 2.75) is 38.9 Å². The highest BCUT2D eigenvalue weighted by molar-refractivity contribution is 6.62. The van der Waals surface area contributed by atoms with Gasteiger partial charge in [0.15, 0.2) is 0 Å². The number of benzene rings is 1. The van der Waals surface area contributed by atoms with E-state index in [4.69, 9.17) is 9.31 Å². The van der Waals surface area contributed by atoms with Crippen molar-refractivity contribution in [3.63, 3.8) is 0 Å². The van der Waals surface area contributed by atoms with Crippen LogP contribution in [0.5, 0.6) is 0 Å². The Hall–Kier alpha value is -1.86. The SMILES string of the molecule is C=CCNC(=O)Nc1cccc(B2OC(C)(C)C(C)(C)O2)c1F. The van der Waals surface area contributed by atoms with Crippen molar-refractivity contribution in [2.24, 2.45) is 0 Å². The Morgan fingerprint density at radius 1 is 1.30 bits per heavy atom. The van der Waals surface area contributed by atoms with E-state index in [1.807, 2.05) is 27.7 Å². The minimum atomic E-state index is -0.821. The summed E-state index contributed by atoms with van der Waals surface area (Å²) >= 11 is 0. The second kappa shape index (κ2) is 6.33. The molecule has 2 amide bonds. The molecule has 0 atom stereocenters. The van der Waals surface area contributed by atoms with Gasteiger partial charge in [0.05, 0.1) is 16.9 Å². The van der Waals surface area contributed by atoms with Gasteiger partial charge >= 0.3 is 13.1 Å². The summed E-state index contributed by atoms with van der Waals surface area (Å²) in [6.07, 6.45) is 1.54. The number of anilines is 1. The van der Waals surface area contributed by atoms with Crippen molar-refractivity contribution in [3.05, 3.63) is 36.7 Å². The molecule has 124 valence electrons. The number of rotatable bonds is 4. The van der Waals surface area contributed by atoms with Crippen LogP contribution in [-0.2, 0) is 9.31 Å². The van der Waals surface area contributed by atoms with Crippen LogP contribution in [0.4, 0.5) is 14.9 Å². The maximum atomic E-state index is 14.7. The topological polar surface area (TPSA) is 59.6 Å². The number of hydrogen-bond acceptors (Lipinski definition) is 3. The maximum Gasteiger partial charge on any atom is 0.497 e. The Morgan fingerprint density at radius 3 is 2.48 bits per heavy atom. The third-order valence-electron chi connectivity index (χ3n) is 4.19. The van der Waals surface area contributed by atoms with Crippen molar-refractivity contribution in [1.82, 2.24) is 5.32 Å². The maximum absolute atomic E-state index is 14.7. The summed E-state index contributed by atoms with van der Waals surface area (Å²) in [6, 6.07) is 4.21. The Bertz CT molecular complexity index is 603. The zero-order valence-corrected chi connectivity index (χ0v) is 13.9. The number of carbonyl (C=O) groups excluding carboxylic acids is 1. The molecule has 0 radical (unpaired) electrons. The average molecular weight is 320 g/mol. The van der Waals surface area contributed by atoms with E-state index in [9.17, 15) is 9.18 Å². The van der Waals surface area contributed by atoms with Gasteiger partial charge in [-0.05, 0) is 33.8 Å². The largest absolute Gasteiger partial charge is 0.497 e. The lowest BCUT2D eigenvalue weighted by Crippen LogP contribution is -2.41. The third-order valence-corrected chi connectivity index (χ3v) is 4.19. The lowest BCUT2D eigenvalue weighted by molar-refractivity contribution is 0.00578. The normalized spacial score (nSPS) is 18.6. The highest BCUT2D eigenvalue weighted by Gasteiger charge is 2.52. The molecule has 0 aromatic heterocycles. The summed E-state index contributed by atoms with van der Waals surface area (Å²) in [5.41, 5.74) is -0.798. The minimum absolute atomic E-state index is 0.0683. The molecular weight excluding hydrogens is 298 g/mol. The summed E-state index contributed by atoms with van der Waals surface area (Å²) in [5, 5.41) is 4.99. The minimum Gasteiger partial charge on any atom is -0.399 e. The molecule has 1 aliphatic heterocycles. The third kappa shape index (κ3) is 3.56. The predicted molar refractivity (Wildman–Crippen MR) is 89.3 cm³/mol. The smallest absolute Gasteiger partial charge is 0.399 e. The summed E-state index contributed by atoms with van der Waals surface area (Å²) in [5.74, 6) is -0.570. The molecule has 1 aliphatic rings. The molecule has 2 rings (SSSR count). The lowest BCUT2D eigenvalue weighted by Gasteiger charge is -2.32. The van der Waals surface area contributed by atoms with Gasteiger partial charge in [-0.3, -0.25) is 0 Å². The van der Waals surface area contributed by atoms with Gasteiger partial charge in [-0.2, -0.15) is 0 Å². The van der Waals surface area contributed by atoms with Crippen LogP contribution in [0.3, 0.4) is 0 Å². The number of amides is 2. The molecule has 0 aliphatic carbocycles. The second-order valence-corrected chi connectivity index (χ2v) is 6.42. The molecule has 0 saturated carbocycles. The zero-order valence-electron chi connectivity index (χ0n) is 13.9. The van der Waals surface area contributed by atoms with E-state index in [0.717, 1.165) is 0 Å². The van der Waals surface area contributed by atoms with E-state index in [0.29, 0.717) is 6.54 Å². The fourth-order valence-electron chi connectivity index (χ4n) is 2.13. The van der Waals surface area contributed by atoms with Gasteiger partial charge in [0.25, 0.3) is 0 Å². The average Bonchev–Trinajstić information content (AvgIpc) is 2.67. The van der Waals surface area contributed by atoms with Crippen LogP contribution in [0, 0.1) is 5.82 Å². The number of urea groups is 1. The molecule has 2 N–H and O–H groups in total. The molecule has 1 heterocycles. The van der Waals surface area contributed by atoms with E-state index in [1.165, 1.54) is 12.1 Å². The van der Waals surface area contributed by atoms with Crippen LogP contribution in [0.15, 0.2) is 30.9 Å². The molecule has 1 saturated heterocycles. The Kier molecular flexibility index (Phi) is 4.82. The van der Waals surface area contributed by atoms with E-state index >= 15 is 0 Å². The predicted octanol–water partition coefficient (Wildman–Crippen LogP) is 2.43. The van der Waals surface area contributed by atoms with Gasteiger partial charge in [-0.15, -0.1) is 6.58 Å². The van der Waals surface area contributed by atoms with E-state index in [2.05, 4.69) is 17.2 Å². The highest BCUT2D eigenvalue weighted by Crippen LogP contribution is 2.36. The van der Waals surface area contributed by atoms with E-state index < -0.39 is 30.2 Å². The summed E-state index contributed by atoms with van der Waals surface area (Å²) in [7, 11) is -0.821. The first-order valence-corrected chi connectivity index (χ1v) is 7.48. The number of carbonyl (C=O) groups is 1. The summed E-state index contributed by atoms with van der Waals surface area (Å²) in [6.45, 7) is 11.4. The monoisotopic (exact) mass is 320 g/mol. The van der Waals surface area contributed by atoms with Crippen molar-refractivity contribution in [3.8, 4) is 0 Å². The Labute approximate surface area is 136 Å². The van der Waals surface area contributed by atoms with Crippen molar-refractivity contribution in [1.29, 1.82) is 0 Å². The lowest BCUT2D eigenvalue weighted by atomic mass is 9.78. The first-order chi connectivity index (χ1) is 10.7. The number of halogens is 1. The Balaban J connectivity index is 2.21. The molecule has 0 spiro atoms. The first kappa shape index (κ1) is 17.5. The van der Waals surface area contributed by atoms with Crippen LogP contribution < -0.4 is 16.1 Å². The van der Waals surface area contributed by atoms with E-state index in [1.54, 1.807) is 12.1 Å². The van der Waals surface area contributed by atoms with Crippen LogP contribution >= 0.6 is 0 Å². The van der Waals surface area contributed by atoms with Crippen molar-refractivity contribution in [2.75, 3.05) is 11.9 Å². The molecule has 5 nitrogen and oxygen atoms in total. The van der Waals surface area contributed by atoms with Crippen LogP contribution in [-0.4, -0.2) is 30.9 Å². The van der Waals surface area contributed by atoms with Crippen LogP contribution in [0.2, 0.25) is 0 Å². The highest BCUT2D eigenvalue weighted by atomic mass is 19.1. The molecule has 0 unspecified atom stereocenters. The van der Waals surface area contributed by atoms with Gasteiger partial charge < -0.3 is 19.9 Å². The molecule has 7 heteroatoms. The van der Waals surface area contributed by atoms with Crippen LogP contribution in [0.1, 0.15) is 27.7 Å². The Morgan fingerprint density at radius 2 is 1.91 bits per heavy atom. The molecule has 1 fully saturated rings. The van der Waals surface area contributed by atoms with Gasteiger partial charge in [-0.25, -0.2) is 9.18 Å². The van der Waals surface area contributed by atoms with Gasteiger partial charge in [0.1, 0.15) is 5.82 Å². The molecule has 23 heavy (non-hydrogen) atoms. The zero-order chi connectivity index (χ0) is 17.3. The van der Waals surface area contributed by atoms with Crippen molar-refractivity contribution < 1.29 is 18.5 Å². The second-order valence-electron chi connectivity index (χ2n) is 6.42. The fraction of sp³-hybridized carbons (Fsp3) is 0.438. The number of hydrogen-bond donors (Lipinski definition) is 2. The van der Waals surface area contributed by atoms with Gasteiger partial charge in [0, 0.05) is 12.0 Å². The molecular formula is C16H22BFN2O3. The summed E-state index contributed by atoms with van der Waals surface area (Å²) < 4.78 is 26.4. The fourth-order valence-corrected chi connectivity index (χ4v) is 2.13.